The Kier molecular flexibility index (Phi) is 4.92. The predicted octanol–water partition coefficient (Wildman–Crippen LogP) is 3.93. The molecular weight excluding hydrogens is 362 g/mol. The molecule has 1 aromatic carbocycles. The van der Waals surface area contributed by atoms with E-state index in [1.54, 1.807) is 12.4 Å². The lowest BCUT2D eigenvalue weighted by molar-refractivity contribution is 0.238. The number of hydrogen-bond acceptors (Lipinski definition) is 5. The molecule has 1 aliphatic heterocycles. The molecule has 1 fully saturated rings. The summed E-state index contributed by atoms with van der Waals surface area (Å²) in [6.07, 6.45) is 11.9. The van der Waals surface area contributed by atoms with E-state index < -0.39 is 0 Å². The van der Waals surface area contributed by atoms with Gasteiger partial charge in [0.25, 0.3) is 0 Å². The van der Waals surface area contributed by atoms with E-state index in [2.05, 4.69) is 32.1 Å². The van der Waals surface area contributed by atoms with Crippen LogP contribution in [-0.2, 0) is 0 Å². The summed E-state index contributed by atoms with van der Waals surface area (Å²) in [6.45, 7) is 4.14. The summed E-state index contributed by atoms with van der Waals surface area (Å²) in [7, 11) is 0. The van der Waals surface area contributed by atoms with Crippen LogP contribution in [0.4, 0.5) is 0 Å². The van der Waals surface area contributed by atoms with Crippen LogP contribution in [0.1, 0.15) is 12.8 Å². The van der Waals surface area contributed by atoms with Gasteiger partial charge in [-0.1, -0.05) is 12.1 Å². The van der Waals surface area contributed by atoms with E-state index >= 15 is 0 Å². The van der Waals surface area contributed by atoms with Gasteiger partial charge < -0.3 is 4.74 Å². The van der Waals surface area contributed by atoms with Gasteiger partial charge >= 0.3 is 0 Å². The van der Waals surface area contributed by atoms with Crippen molar-refractivity contribution in [2.45, 2.75) is 12.8 Å². The van der Waals surface area contributed by atoms with Crippen molar-refractivity contribution in [2.75, 3.05) is 26.2 Å². The van der Waals surface area contributed by atoms with Crippen molar-refractivity contribution in [1.29, 1.82) is 0 Å². The molecule has 5 rings (SSSR count). The van der Waals surface area contributed by atoms with Crippen LogP contribution >= 0.6 is 0 Å². The molecule has 0 spiro atoms. The lowest BCUT2D eigenvalue weighted by Crippen LogP contribution is -2.25. The molecule has 0 saturated carbocycles. The molecule has 0 aliphatic carbocycles. The minimum absolute atomic E-state index is 0.734. The molecule has 0 bridgehead atoms. The molecule has 3 aromatic heterocycles. The van der Waals surface area contributed by atoms with Crippen molar-refractivity contribution in [3.8, 4) is 28.0 Å². The zero-order chi connectivity index (χ0) is 19.5. The third-order valence-corrected chi connectivity index (χ3v) is 5.41. The van der Waals surface area contributed by atoms with Crippen molar-refractivity contribution in [2.24, 2.45) is 0 Å². The quantitative estimate of drug-likeness (QED) is 0.503. The molecule has 1 saturated heterocycles. The summed E-state index contributed by atoms with van der Waals surface area (Å²) >= 11 is 0. The summed E-state index contributed by atoms with van der Waals surface area (Å²) in [4.78, 5) is 11.2. The van der Waals surface area contributed by atoms with E-state index in [4.69, 9.17) is 4.74 Å². The molecule has 0 unspecified atom stereocenters. The number of ether oxygens (including phenoxy) is 1. The van der Waals surface area contributed by atoms with Gasteiger partial charge in [-0.15, -0.1) is 0 Å². The third kappa shape index (κ3) is 3.84. The SMILES string of the molecule is c1cc(-c2cnn3cc(-c4ccc(OCCN5CCCC5)cc4)cnc23)ccn1. The van der Waals surface area contributed by atoms with E-state index in [1.807, 2.05) is 47.4 Å². The third-order valence-electron chi connectivity index (χ3n) is 5.41. The monoisotopic (exact) mass is 385 g/mol. The first-order valence-electron chi connectivity index (χ1n) is 10.1. The van der Waals surface area contributed by atoms with Gasteiger partial charge in [-0.25, -0.2) is 9.50 Å². The number of fused-ring (bicyclic) bond motifs is 1. The summed E-state index contributed by atoms with van der Waals surface area (Å²) < 4.78 is 7.73. The lowest BCUT2D eigenvalue weighted by Gasteiger charge is -2.15. The van der Waals surface area contributed by atoms with Crippen LogP contribution < -0.4 is 4.74 Å². The average Bonchev–Trinajstić information content (AvgIpc) is 3.44. The van der Waals surface area contributed by atoms with Gasteiger partial charge in [0.1, 0.15) is 12.4 Å². The van der Waals surface area contributed by atoms with Crippen LogP contribution in [0.15, 0.2) is 67.4 Å². The van der Waals surface area contributed by atoms with Crippen LogP contribution in [-0.4, -0.2) is 50.7 Å². The molecule has 4 heterocycles. The number of rotatable bonds is 6. The second kappa shape index (κ2) is 8.01. The van der Waals surface area contributed by atoms with Gasteiger partial charge in [-0.3, -0.25) is 9.88 Å². The highest BCUT2D eigenvalue weighted by Crippen LogP contribution is 2.26. The van der Waals surface area contributed by atoms with Crippen molar-refractivity contribution in [3.05, 3.63) is 67.4 Å². The fourth-order valence-electron chi connectivity index (χ4n) is 3.80. The highest BCUT2D eigenvalue weighted by atomic mass is 16.5. The Morgan fingerprint density at radius 2 is 1.66 bits per heavy atom. The molecule has 146 valence electrons. The Balaban J connectivity index is 1.30. The predicted molar refractivity (Wildman–Crippen MR) is 113 cm³/mol. The van der Waals surface area contributed by atoms with Crippen LogP contribution in [0.5, 0.6) is 5.75 Å². The first-order chi connectivity index (χ1) is 14.4. The molecule has 1 aliphatic rings. The second-order valence-corrected chi connectivity index (χ2v) is 7.33. The number of likely N-dealkylation sites (tertiary alicyclic amines) is 1. The molecule has 0 atom stereocenters. The topological polar surface area (TPSA) is 55.6 Å². The van der Waals surface area contributed by atoms with Gasteiger partial charge in [-0.05, 0) is 61.3 Å². The van der Waals surface area contributed by atoms with E-state index in [1.165, 1.54) is 25.9 Å². The maximum Gasteiger partial charge on any atom is 0.162 e. The zero-order valence-corrected chi connectivity index (χ0v) is 16.2. The molecule has 0 N–H and O–H groups in total. The summed E-state index contributed by atoms with van der Waals surface area (Å²) in [5.41, 5.74) is 5.01. The Morgan fingerprint density at radius 3 is 2.45 bits per heavy atom. The van der Waals surface area contributed by atoms with Gasteiger partial charge in [0.05, 0.1) is 6.20 Å². The van der Waals surface area contributed by atoms with Crippen LogP contribution in [0, 0.1) is 0 Å². The van der Waals surface area contributed by atoms with E-state index in [0.29, 0.717) is 0 Å². The molecular formula is C23H23N5O. The van der Waals surface area contributed by atoms with Crippen molar-refractivity contribution < 1.29 is 4.74 Å². The van der Waals surface area contributed by atoms with E-state index in [0.717, 1.165) is 46.8 Å². The van der Waals surface area contributed by atoms with Crippen LogP contribution in [0.2, 0.25) is 0 Å². The van der Waals surface area contributed by atoms with Crippen LogP contribution in [0.3, 0.4) is 0 Å². The van der Waals surface area contributed by atoms with Gasteiger partial charge in [0, 0.05) is 42.5 Å². The van der Waals surface area contributed by atoms with E-state index in [9.17, 15) is 0 Å². The summed E-state index contributed by atoms with van der Waals surface area (Å²) in [5, 5.41) is 4.48. The van der Waals surface area contributed by atoms with E-state index in [-0.39, 0.29) is 0 Å². The lowest BCUT2D eigenvalue weighted by atomic mass is 10.1. The first-order valence-corrected chi connectivity index (χ1v) is 10.1. The molecule has 6 nitrogen and oxygen atoms in total. The highest BCUT2D eigenvalue weighted by molar-refractivity contribution is 5.77. The Hall–Kier alpha value is -3.25. The van der Waals surface area contributed by atoms with Crippen LogP contribution in [0.25, 0.3) is 27.9 Å². The standard InChI is InChI=1S/C23H23N5O/c1-2-12-27(11-1)13-14-29-21-5-3-18(4-6-21)20-15-25-23-22(16-26-28(23)17-20)19-7-9-24-10-8-19/h3-10,15-17H,1-2,11-14H2. The number of hydrogen-bond donors (Lipinski definition) is 0. The molecule has 4 aromatic rings. The van der Waals surface area contributed by atoms with Gasteiger partial charge in [0.15, 0.2) is 5.65 Å². The van der Waals surface area contributed by atoms with Crippen molar-refractivity contribution in [3.63, 3.8) is 0 Å². The van der Waals surface area contributed by atoms with Crippen molar-refractivity contribution in [1.82, 2.24) is 24.5 Å². The smallest absolute Gasteiger partial charge is 0.162 e. The largest absolute Gasteiger partial charge is 0.492 e. The molecule has 0 radical (unpaired) electrons. The number of nitrogens with zero attached hydrogens (tertiary/aromatic N) is 5. The maximum atomic E-state index is 5.90. The van der Waals surface area contributed by atoms with Gasteiger partial charge in [0.2, 0.25) is 0 Å². The minimum atomic E-state index is 0.734. The normalized spacial score (nSPS) is 14.5. The second-order valence-electron chi connectivity index (χ2n) is 7.33. The Morgan fingerprint density at radius 1 is 0.862 bits per heavy atom. The fraction of sp³-hybridized carbons (Fsp3) is 0.261. The first kappa shape index (κ1) is 17.8. The maximum absolute atomic E-state index is 5.90. The average molecular weight is 385 g/mol. The number of pyridine rings is 1. The minimum Gasteiger partial charge on any atom is -0.492 e. The fourth-order valence-corrected chi connectivity index (χ4v) is 3.80. The number of aromatic nitrogens is 4. The zero-order valence-electron chi connectivity index (χ0n) is 16.2. The highest BCUT2D eigenvalue weighted by Gasteiger charge is 2.11. The molecule has 0 amide bonds. The molecule has 6 heteroatoms. The summed E-state index contributed by atoms with van der Waals surface area (Å²) in [6, 6.07) is 12.1. The van der Waals surface area contributed by atoms with Gasteiger partial charge in [-0.2, -0.15) is 5.10 Å². The van der Waals surface area contributed by atoms with Crippen molar-refractivity contribution >= 4 is 5.65 Å². The molecule has 29 heavy (non-hydrogen) atoms. The Labute approximate surface area is 169 Å². The summed E-state index contributed by atoms with van der Waals surface area (Å²) in [5.74, 6) is 0.904. The Bertz CT molecular complexity index is 1090. The number of benzene rings is 1.